The van der Waals surface area contributed by atoms with Crippen LogP contribution in [0.3, 0.4) is 0 Å². The van der Waals surface area contributed by atoms with Gasteiger partial charge in [0.05, 0.1) is 11.4 Å². The lowest BCUT2D eigenvalue weighted by atomic mass is 10.1. The highest BCUT2D eigenvalue weighted by molar-refractivity contribution is 7.89. The number of amides is 1. The zero-order valence-electron chi connectivity index (χ0n) is 11.5. The number of likely N-dealkylation sites (N-methyl/N-ethyl adjacent to an activating group) is 1. The third-order valence-electron chi connectivity index (χ3n) is 2.93. The van der Waals surface area contributed by atoms with Gasteiger partial charge in [0.2, 0.25) is 15.9 Å². The van der Waals surface area contributed by atoms with Gasteiger partial charge >= 0.3 is 0 Å². The standard InChI is InChI=1S/C12H19N3O3S/c1-7-5-8(2)12(9(3)11(7)13)19(17,18)15-6-10(16)14-4/h5,15H,6,13H2,1-4H3,(H,14,16). The minimum absolute atomic E-state index is 0.138. The lowest BCUT2D eigenvalue weighted by Gasteiger charge is -2.15. The predicted octanol–water partition coefficient (Wildman–Crippen LogP) is 0.218. The minimum Gasteiger partial charge on any atom is -0.398 e. The number of hydrogen-bond acceptors (Lipinski definition) is 4. The van der Waals surface area contributed by atoms with Gasteiger partial charge in [-0.05, 0) is 37.5 Å². The Labute approximate surface area is 113 Å². The normalized spacial score (nSPS) is 11.4. The Hall–Kier alpha value is -1.60. The lowest BCUT2D eigenvalue weighted by molar-refractivity contribution is -0.119. The molecule has 7 heteroatoms. The number of sulfonamides is 1. The summed E-state index contributed by atoms with van der Waals surface area (Å²) in [6.07, 6.45) is 0. The predicted molar refractivity (Wildman–Crippen MR) is 74.3 cm³/mol. The van der Waals surface area contributed by atoms with Gasteiger partial charge in [0, 0.05) is 12.7 Å². The van der Waals surface area contributed by atoms with Gasteiger partial charge in [-0.1, -0.05) is 6.07 Å². The molecule has 4 N–H and O–H groups in total. The first kappa shape index (κ1) is 15.5. The van der Waals surface area contributed by atoms with Gasteiger partial charge in [-0.2, -0.15) is 0 Å². The average Bonchev–Trinajstić information content (AvgIpc) is 2.33. The number of carbonyl (C=O) groups is 1. The van der Waals surface area contributed by atoms with Gasteiger partial charge in [0.25, 0.3) is 0 Å². The van der Waals surface area contributed by atoms with Crippen LogP contribution in [0.25, 0.3) is 0 Å². The summed E-state index contributed by atoms with van der Waals surface area (Å²) >= 11 is 0. The molecule has 0 heterocycles. The molecule has 0 aliphatic carbocycles. The summed E-state index contributed by atoms with van der Waals surface area (Å²) in [5.74, 6) is -0.404. The summed E-state index contributed by atoms with van der Waals surface area (Å²) in [5.41, 5.74) is 8.25. The second kappa shape index (κ2) is 5.58. The highest BCUT2D eigenvalue weighted by Gasteiger charge is 2.22. The van der Waals surface area contributed by atoms with Crippen LogP contribution in [-0.4, -0.2) is 27.9 Å². The van der Waals surface area contributed by atoms with E-state index < -0.39 is 15.9 Å². The van der Waals surface area contributed by atoms with Gasteiger partial charge < -0.3 is 11.1 Å². The van der Waals surface area contributed by atoms with Gasteiger partial charge in [-0.3, -0.25) is 4.79 Å². The average molecular weight is 285 g/mol. The molecule has 1 aromatic rings. The Kier molecular flexibility index (Phi) is 4.54. The summed E-state index contributed by atoms with van der Waals surface area (Å²) in [5, 5.41) is 2.35. The number of anilines is 1. The Bertz CT molecular complexity index is 609. The third-order valence-corrected chi connectivity index (χ3v) is 4.62. The Balaban J connectivity index is 3.22. The van der Waals surface area contributed by atoms with Crippen molar-refractivity contribution >= 4 is 21.6 Å². The maximum absolute atomic E-state index is 12.2. The fraction of sp³-hybridized carbons (Fsp3) is 0.417. The lowest BCUT2D eigenvalue weighted by Crippen LogP contribution is -2.35. The summed E-state index contributed by atoms with van der Waals surface area (Å²) in [7, 11) is -2.32. The first-order valence-electron chi connectivity index (χ1n) is 5.77. The molecule has 19 heavy (non-hydrogen) atoms. The fourth-order valence-corrected chi connectivity index (χ4v) is 3.38. The van der Waals surface area contributed by atoms with E-state index >= 15 is 0 Å². The van der Waals surface area contributed by atoms with Crippen LogP contribution in [0.4, 0.5) is 5.69 Å². The van der Waals surface area contributed by atoms with E-state index in [1.165, 1.54) is 7.05 Å². The largest absolute Gasteiger partial charge is 0.398 e. The molecule has 6 nitrogen and oxygen atoms in total. The molecule has 106 valence electrons. The highest BCUT2D eigenvalue weighted by Crippen LogP contribution is 2.27. The molecular weight excluding hydrogens is 266 g/mol. The Morgan fingerprint density at radius 1 is 1.26 bits per heavy atom. The van der Waals surface area contributed by atoms with Gasteiger partial charge in [0.1, 0.15) is 0 Å². The van der Waals surface area contributed by atoms with Gasteiger partial charge in [-0.15, -0.1) is 0 Å². The zero-order valence-corrected chi connectivity index (χ0v) is 12.3. The SMILES string of the molecule is CNC(=O)CNS(=O)(=O)c1c(C)cc(C)c(N)c1C. The maximum atomic E-state index is 12.2. The van der Waals surface area contributed by atoms with E-state index in [0.29, 0.717) is 16.8 Å². The van der Waals surface area contributed by atoms with Crippen LogP contribution in [0, 0.1) is 20.8 Å². The van der Waals surface area contributed by atoms with Crippen LogP contribution in [0.15, 0.2) is 11.0 Å². The molecule has 0 radical (unpaired) electrons. The van der Waals surface area contributed by atoms with E-state index in [1.54, 1.807) is 19.9 Å². The second-order valence-electron chi connectivity index (χ2n) is 4.38. The van der Waals surface area contributed by atoms with E-state index in [2.05, 4.69) is 10.0 Å². The number of nitrogen functional groups attached to an aromatic ring is 1. The van der Waals surface area contributed by atoms with E-state index in [0.717, 1.165) is 5.56 Å². The monoisotopic (exact) mass is 285 g/mol. The van der Waals surface area contributed by atoms with E-state index in [1.807, 2.05) is 6.92 Å². The number of benzene rings is 1. The molecule has 0 aromatic heterocycles. The van der Waals surface area contributed by atoms with Crippen molar-refractivity contribution in [1.82, 2.24) is 10.0 Å². The molecule has 0 aliphatic rings. The smallest absolute Gasteiger partial charge is 0.241 e. The van der Waals surface area contributed by atoms with Crippen LogP contribution in [0.1, 0.15) is 16.7 Å². The van der Waals surface area contributed by atoms with Crippen molar-refractivity contribution in [3.8, 4) is 0 Å². The molecule has 0 spiro atoms. The molecule has 0 fully saturated rings. The van der Waals surface area contributed by atoms with Crippen LogP contribution in [0.5, 0.6) is 0 Å². The first-order chi connectivity index (χ1) is 8.70. The molecule has 0 atom stereocenters. The number of nitrogens with two attached hydrogens (primary N) is 1. The van der Waals surface area contributed by atoms with Crippen molar-refractivity contribution < 1.29 is 13.2 Å². The van der Waals surface area contributed by atoms with E-state index in [9.17, 15) is 13.2 Å². The topological polar surface area (TPSA) is 101 Å². The fourth-order valence-electron chi connectivity index (χ4n) is 1.92. The van der Waals surface area contributed by atoms with Crippen molar-refractivity contribution in [2.24, 2.45) is 0 Å². The minimum atomic E-state index is -3.76. The summed E-state index contributed by atoms with van der Waals surface area (Å²) in [4.78, 5) is 11.3. The second-order valence-corrected chi connectivity index (χ2v) is 6.08. The molecule has 0 unspecified atom stereocenters. The zero-order chi connectivity index (χ0) is 14.8. The van der Waals surface area contributed by atoms with Crippen LogP contribution in [-0.2, 0) is 14.8 Å². The summed E-state index contributed by atoms with van der Waals surface area (Å²) in [6, 6.07) is 1.72. The van der Waals surface area contributed by atoms with Crippen molar-refractivity contribution in [3.05, 3.63) is 22.8 Å². The molecule has 0 saturated carbocycles. The highest BCUT2D eigenvalue weighted by atomic mass is 32.2. The number of nitrogens with one attached hydrogen (secondary N) is 2. The number of rotatable bonds is 4. The van der Waals surface area contributed by atoms with Crippen molar-refractivity contribution in [2.75, 3.05) is 19.3 Å². The van der Waals surface area contributed by atoms with Crippen molar-refractivity contribution in [3.63, 3.8) is 0 Å². The van der Waals surface area contributed by atoms with Gasteiger partial charge in [0.15, 0.2) is 0 Å². The Morgan fingerprint density at radius 3 is 2.37 bits per heavy atom. The van der Waals surface area contributed by atoms with Crippen LogP contribution < -0.4 is 15.8 Å². The molecule has 1 amide bonds. The third kappa shape index (κ3) is 3.24. The molecule has 1 rings (SSSR count). The number of hydrogen-bond donors (Lipinski definition) is 3. The summed E-state index contributed by atoms with van der Waals surface area (Å²) in [6.45, 7) is 4.88. The molecule has 1 aromatic carbocycles. The van der Waals surface area contributed by atoms with Crippen molar-refractivity contribution in [1.29, 1.82) is 0 Å². The van der Waals surface area contributed by atoms with E-state index in [-0.39, 0.29) is 11.4 Å². The molecule has 0 saturated heterocycles. The molecular formula is C12H19N3O3S. The molecule has 0 aliphatic heterocycles. The maximum Gasteiger partial charge on any atom is 0.241 e. The first-order valence-corrected chi connectivity index (χ1v) is 7.25. The van der Waals surface area contributed by atoms with Crippen LogP contribution >= 0.6 is 0 Å². The van der Waals surface area contributed by atoms with Gasteiger partial charge in [-0.25, -0.2) is 13.1 Å². The summed E-state index contributed by atoms with van der Waals surface area (Å²) < 4.78 is 26.7. The number of carbonyl (C=O) groups excluding carboxylic acids is 1. The van der Waals surface area contributed by atoms with Crippen LogP contribution in [0.2, 0.25) is 0 Å². The Morgan fingerprint density at radius 2 is 1.84 bits per heavy atom. The molecule has 0 bridgehead atoms. The number of aryl methyl sites for hydroxylation is 2. The van der Waals surface area contributed by atoms with Crippen molar-refractivity contribution in [2.45, 2.75) is 25.7 Å². The quantitative estimate of drug-likeness (QED) is 0.689. The van der Waals surface area contributed by atoms with E-state index in [4.69, 9.17) is 5.73 Å².